The molecule has 1 aromatic carbocycles. The van der Waals surface area contributed by atoms with Gasteiger partial charge in [0.15, 0.2) is 0 Å². The van der Waals surface area contributed by atoms with E-state index in [1.54, 1.807) is 7.11 Å². The van der Waals surface area contributed by atoms with Gasteiger partial charge in [-0.15, -0.1) is 0 Å². The summed E-state index contributed by atoms with van der Waals surface area (Å²) in [5.74, 6) is 5.70. The topological polar surface area (TPSA) is 85.6 Å². The highest BCUT2D eigenvalue weighted by atomic mass is 16.5. The number of nitrogens with zero attached hydrogens (tertiary/aromatic N) is 2. The van der Waals surface area contributed by atoms with E-state index in [-0.39, 0.29) is 30.6 Å². The van der Waals surface area contributed by atoms with Crippen LogP contribution in [0.3, 0.4) is 0 Å². The molecule has 1 saturated carbocycles. The predicted molar refractivity (Wildman–Crippen MR) is 101 cm³/mol. The summed E-state index contributed by atoms with van der Waals surface area (Å²) in [6, 6.07) is 8.83. The van der Waals surface area contributed by atoms with Crippen LogP contribution in [0.1, 0.15) is 42.7 Å². The molecule has 2 N–H and O–H groups in total. The molecule has 1 aliphatic heterocycles. The van der Waals surface area contributed by atoms with E-state index in [0.717, 1.165) is 36.8 Å². The Labute approximate surface area is 160 Å². The van der Waals surface area contributed by atoms with Gasteiger partial charge in [0.2, 0.25) is 0 Å². The van der Waals surface area contributed by atoms with Crippen LogP contribution in [0.25, 0.3) is 0 Å². The number of rotatable bonds is 4. The molecule has 0 bridgehead atoms. The van der Waals surface area contributed by atoms with Crippen molar-refractivity contribution in [3.8, 4) is 17.9 Å². The fourth-order valence-electron chi connectivity index (χ4n) is 4.00. The first-order valence-electron chi connectivity index (χ1n) is 9.36. The molecule has 1 heterocycles. The molecule has 6 heteroatoms. The summed E-state index contributed by atoms with van der Waals surface area (Å²) in [5, 5.41) is 22.5. The molecule has 3 atom stereocenters. The zero-order valence-corrected chi connectivity index (χ0v) is 15.5. The van der Waals surface area contributed by atoms with Crippen molar-refractivity contribution in [2.75, 3.05) is 20.3 Å². The van der Waals surface area contributed by atoms with E-state index in [4.69, 9.17) is 4.74 Å². The lowest BCUT2D eigenvalue weighted by Gasteiger charge is -2.51. The second-order valence-corrected chi connectivity index (χ2v) is 7.04. The fourth-order valence-corrected chi connectivity index (χ4v) is 4.00. The van der Waals surface area contributed by atoms with E-state index in [9.17, 15) is 15.2 Å². The molecule has 6 nitrogen and oxygen atoms in total. The van der Waals surface area contributed by atoms with E-state index in [2.05, 4.69) is 23.2 Å². The molecule has 0 spiro atoms. The van der Waals surface area contributed by atoms with Crippen LogP contribution in [0.4, 0.5) is 4.79 Å². The Morgan fingerprint density at radius 2 is 2.04 bits per heavy atom. The maximum Gasteiger partial charge on any atom is 0.319 e. The van der Waals surface area contributed by atoms with Crippen molar-refractivity contribution in [2.45, 2.75) is 49.7 Å². The molecule has 2 amide bonds. The number of benzene rings is 1. The number of carbonyl (C=O) groups excluding carboxylic acids is 1. The molecule has 142 valence electrons. The molecule has 0 aromatic heterocycles. The van der Waals surface area contributed by atoms with Crippen molar-refractivity contribution < 1.29 is 14.6 Å². The molecular formula is C21H25N3O3. The van der Waals surface area contributed by atoms with Gasteiger partial charge in [-0.3, -0.25) is 0 Å². The van der Waals surface area contributed by atoms with Crippen LogP contribution in [-0.4, -0.2) is 54.5 Å². The van der Waals surface area contributed by atoms with E-state index in [1.807, 2.05) is 24.3 Å². The van der Waals surface area contributed by atoms with E-state index >= 15 is 0 Å². The Morgan fingerprint density at radius 3 is 2.63 bits per heavy atom. The number of amides is 2. The number of methoxy groups -OCH3 is 1. The molecule has 2 aliphatic rings. The number of urea groups is 1. The molecule has 1 aliphatic carbocycles. The van der Waals surface area contributed by atoms with Crippen molar-refractivity contribution in [1.82, 2.24) is 10.2 Å². The Balaban J connectivity index is 1.71. The Hall–Kier alpha value is -2.54. The van der Waals surface area contributed by atoms with Crippen molar-refractivity contribution in [1.29, 1.82) is 5.26 Å². The van der Waals surface area contributed by atoms with Gasteiger partial charge in [0, 0.05) is 24.6 Å². The number of hydrogen-bond acceptors (Lipinski definition) is 4. The van der Waals surface area contributed by atoms with Crippen LogP contribution in [0.15, 0.2) is 24.3 Å². The summed E-state index contributed by atoms with van der Waals surface area (Å²) in [5.41, 5.74) is 1.79. The van der Waals surface area contributed by atoms with Crippen molar-refractivity contribution in [3.05, 3.63) is 35.4 Å². The van der Waals surface area contributed by atoms with Gasteiger partial charge in [-0.2, -0.15) is 5.26 Å². The zero-order valence-electron chi connectivity index (χ0n) is 15.5. The molecule has 1 saturated heterocycles. The fraction of sp³-hybridized carbons (Fsp3) is 0.524. The van der Waals surface area contributed by atoms with Gasteiger partial charge < -0.3 is 20.1 Å². The number of aliphatic hydroxyl groups excluding tert-OH is 1. The number of carbonyl (C=O) groups is 1. The molecule has 0 unspecified atom stereocenters. The van der Waals surface area contributed by atoms with E-state index < -0.39 is 6.04 Å². The van der Waals surface area contributed by atoms with Crippen LogP contribution in [0.5, 0.6) is 0 Å². The average Bonchev–Trinajstić information content (AvgIpc) is 3.16. The van der Waals surface area contributed by atoms with E-state index in [0.29, 0.717) is 6.61 Å². The third-order valence-electron chi connectivity index (χ3n) is 5.39. The van der Waals surface area contributed by atoms with Gasteiger partial charge in [0.1, 0.15) is 12.6 Å². The second kappa shape index (κ2) is 8.90. The van der Waals surface area contributed by atoms with Gasteiger partial charge in [-0.25, -0.2) is 4.79 Å². The van der Waals surface area contributed by atoms with Crippen LogP contribution in [0.2, 0.25) is 0 Å². The van der Waals surface area contributed by atoms with Gasteiger partial charge in [0.25, 0.3) is 0 Å². The maximum atomic E-state index is 12.6. The van der Waals surface area contributed by atoms with Gasteiger partial charge in [-0.1, -0.05) is 36.8 Å². The number of nitrogens with one attached hydrogen (secondary N) is 1. The quantitative estimate of drug-likeness (QED) is 0.797. The summed E-state index contributed by atoms with van der Waals surface area (Å²) >= 11 is 0. The summed E-state index contributed by atoms with van der Waals surface area (Å²) < 4.78 is 4.91. The molecule has 1 aromatic rings. The standard InChI is InChI=1S/C21H25N3O3/c1-27-12-4-5-15-8-10-16(11-9-15)20-18(13-22)24(19(20)14-25)21(26)23-17-6-2-3-7-17/h8-11,17-20,25H,2-3,6-7,12,14H2,1H3,(H,23,26)/t18-,19-,20-/m1/s1. The van der Waals surface area contributed by atoms with Crippen LogP contribution >= 0.6 is 0 Å². The number of aliphatic hydroxyl groups is 1. The number of nitriles is 1. The number of likely N-dealkylation sites (tertiary alicyclic amines) is 1. The first kappa shape index (κ1) is 19.2. The second-order valence-electron chi connectivity index (χ2n) is 7.04. The summed E-state index contributed by atoms with van der Waals surface area (Å²) in [7, 11) is 1.60. The third-order valence-corrected chi connectivity index (χ3v) is 5.39. The lowest BCUT2D eigenvalue weighted by atomic mass is 9.76. The molecule has 0 radical (unpaired) electrons. The summed E-state index contributed by atoms with van der Waals surface area (Å²) in [6.45, 7) is 0.203. The lowest BCUT2D eigenvalue weighted by Crippen LogP contribution is -2.67. The van der Waals surface area contributed by atoms with Gasteiger partial charge in [0.05, 0.1) is 18.7 Å². The molecule has 3 rings (SSSR count). The van der Waals surface area contributed by atoms with Crippen LogP contribution in [-0.2, 0) is 4.74 Å². The van der Waals surface area contributed by atoms with Crippen molar-refractivity contribution in [2.24, 2.45) is 0 Å². The molecule has 27 heavy (non-hydrogen) atoms. The van der Waals surface area contributed by atoms with Crippen LogP contribution < -0.4 is 5.32 Å². The largest absolute Gasteiger partial charge is 0.394 e. The predicted octanol–water partition coefficient (Wildman–Crippen LogP) is 1.99. The van der Waals surface area contributed by atoms with Gasteiger partial charge in [-0.05, 0) is 30.5 Å². The minimum Gasteiger partial charge on any atom is -0.394 e. The summed E-state index contributed by atoms with van der Waals surface area (Å²) in [4.78, 5) is 14.1. The third kappa shape index (κ3) is 4.08. The highest BCUT2D eigenvalue weighted by Crippen LogP contribution is 2.40. The highest BCUT2D eigenvalue weighted by Gasteiger charge is 2.52. The minimum absolute atomic E-state index is 0.170. The maximum absolute atomic E-state index is 12.6. The zero-order chi connectivity index (χ0) is 19.2. The average molecular weight is 367 g/mol. The Bertz CT molecular complexity index is 754. The Morgan fingerprint density at radius 1 is 1.33 bits per heavy atom. The van der Waals surface area contributed by atoms with Crippen molar-refractivity contribution >= 4 is 6.03 Å². The lowest BCUT2D eigenvalue weighted by molar-refractivity contribution is 0.0158. The normalized spacial score (nSPS) is 24.5. The first-order valence-corrected chi connectivity index (χ1v) is 9.36. The molecular weight excluding hydrogens is 342 g/mol. The van der Waals surface area contributed by atoms with E-state index in [1.165, 1.54) is 4.90 Å². The highest BCUT2D eigenvalue weighted by molar-refractivity contribution is 5.77. The molecule has 2 fully saturated rings. The van der Waals surface area contributed by atoms with Crippen molar-refractivity contribution in [3.63, 3.8) is 0 Å². The number of hydrogen-bond donors (Lipinski definition) is 2. The Kier molecular flexibility index (Phi) is 6.34. The SMILES string of the molecule is COCC#Cc1ccc([C@@H]2[C@@H](C#N)N(C(=O)NC3CCCC3)[C@@H]2CO)cc1. The summed E-state index contributed by atoms with van der Waals surface area (Å²) in [6.07, 6.45) is 4.21. The smallest absolute Gasteiger partial charge is 0.319 e. The first-order chi connectivity index (χ1) is 13.2. The van der Waals surface area contributed by atoms with Gasteiger partial charge >= 0.3 is 6.03 Å². The van der Waals surface area contributed by atoms with Crippen LogP contribution in [0, 0.1) is 23.2 Å². The number of ether oxygens (including phenoxy) is 1. The minimum atomic E-state index is -0.575. The monoisotopic (exact) mass is 367 g/mol.